The Labute approximate surface area is 155 Å². The lowest BCUT2D eigenvalue weighted by atomic mass is 9.96. The van der Waals surface area contributed by atoms with Gasteiger partial charge < -0.3 is 25.4 Å². The van der Waals surface area contributed by atoms with Crippen LogP contribution in [0.15, 0.2) is 24.5 Å². The van der Waals surface area contributed by atoms with Crippen LogP contribution >= 0.6 is 0 Å². The zero-order valence-corrected chi connectivity index (χ0v) is 14.7. The van der Waals surface area contributed by atoms with Gasteiger partial charge in [0.1, 0.15) is 11.9 Å². The maximum absolute atomic E-state index is 11.9. The molecule has 2 aliphatic heterocycles. The number of ether oxygens (including phenoxy) is 2. The first-order valence-corrected chi connectivity index (χ1v) is 9.19. The van der Waals surface area contributed by atoms with Crippen molar-refractivity contribution in [1.29, 1.82) is 0 Å². The summed E-state index contributed by atoms with van der Waals surface area (Å²) < 4.78 is 11.3. The van der Waals surface area contributed by atoms with Gasteiger partial charge in [-0.05, 0) is 31.4 Å². The van der Waals surface area contributed by atoms with E-state index in [0.29, 0.717) is 24.4 Å². The summed E-state index contributed by atoms with van der Waals surface area (Å²) in [6.07, 6.45) is 6.25. The number of alkyl carbamates (subject to hydrolysis) is 1. The van der Waals surface area contributed by atoms with Crippen molar-refractivity contribution in [1.82, 2.24) is 10.3 Å². The van der Waals surface area contributed by atoms with Crippen molar-refractivity contribution < 1.29 is 19.1 Å². The second-order valence-electron chi connectivity index (χ2n) is 7.36. The molecule has 0 bridgehead atoms. The molecule has 3 N–H and O–H groups in total. The zero-order chi connectivity index (χ0) is 18.5. The highest BCUT2D eigenvalue weighted by atomic mass is 16.6. The number of amides is 2. The average Bonchev–Trinajstić information content (AvgIpc) is 3.14. The Kier molecular flexibility index (Phi) is 3.60. The summed E-state index contributed by atoms with van der Waals surface area (Å²) in [6, 6.07) is 3.61. The van der Waals surface area contributed by atoms with Gasteiger partial charge in [0.15, 0.2) is 0 Å². The van der Waals surface area contributed by atoms with Gasteiger partial charge >= 0.3 is 6.09 Å². The Bertz CT molecular complexity index is 927. The third-order valence-corrected chi connectivity index (χ3v) is 5.62. The van der Waals surface area contributed by atoms with Crippen LogP contribution in [0.1, 0.15) is 29.6 Å². The topological polar surface area (TPSA) is 107 Å². The van der Waals surface area contributed by atoms with Crippen LogP contribution in [0.25, 0.3) is 10.8 Å². The van der Waals surface area contributed by atoms with Crippen molar-refractivity contribution >= 4 is 28.5 Å². The van der Waals surface area contributed by atoms with Crippen LogP contribution in [-0.2, 0) is 4.74 Å². The van der Waals surface area contributed by atoms with E-state index in [1.807, 2.05) is 6.07 Å². The molecule has 0 unspecified atom stereocenters. The van der Waals surface area contributed by atoms with E-state index in [0.717, 1.165) is 35.7 Å². The maximum Gasteiger partial charge on any atom is 0.407 e. The summed E-state index contributed by atoms with van der Waals surface area (Å²) in [5.41, 5.74) is 6.87. The number of fused-ring (bicyclic) bond motifs is 2. The monoisotopic (exact) mass is 368 g/mol. The zero-order valence-electron chi connectivity index (χ0n) is 14.7. The normalized spacial score (nSPS) is 24.3. The van der Waals surface area contributed by atoms with E-state index < -0.39 is 5.91 Å². The fourth-order valence-corrected chi connectivity index (χ4v) is 3.94. The summed E-state index contributed by atoms with van der Waals surface area (Å²) in [5.74, 6) is 0.0135. The highest BCUT2D eigenvalue weighted by Crippen LogP contribution is 2.36. The number of carbonyl (C=O) groups is 2. The number of hydrogen-bond donors (Lipinski definition) is 2. The van der Waals surface area contributed by atoms with Gasteiger partial charge in [-0.2, -0.15) is 0 Å². The van der Waals surface area contributed by atoms with Crippen LogP contribution in [0.4, 0.5) is 10.5 Å². The molecule has 1 aromatic carbocycles. The van der Waals surface area contributed by atoms with Crippen molar-refractivity contribution in [2.24, 2.45) is 5.73 Å². The molecule has 2 atom stereocenters. The molecule has 3 fully saturated rings. The third-order valence-electron chi connectivity index (χ3n) is 5.62. The molecule has 8 nitrogen and oxygen atoms in total. The second kappa shape index (κ2) is 6.00. The standard InChI is InChI=1S/C19H20N4O4/c20-18(24)13-4-10-6-21-7-15(12(10)5-16(13)26-11-2-1-3-11)23-8-14-17(9-23)27-19(25)22-14/h4-7,11,14,17H,1-3,8-9H2,(H2,20,24)(H,22,25)/t14-,17+/m1/s1. The number of nitrogens with zero attached hydrogens (tertiary/aromatic N) is 2. The third kappa shape index (κ3) is 2.72. The van der Waals surface area contributed by atoms with E-state index in [1.165, 1.54) is 0 Å². The number of nitrogens with one attached hydrogen (secondary N) is 1. The molecule has 2 amide bonds. The predicted molar refractivity (Wildman–Crippen MR) is 97.9 cm³/mol. The number of anilines is 1. The largest absolute Gasteiger partial charge is 0.490 e. The molecule has 1 saturated carbocycles. The summed E-state index contributed by atoms with van der Waals surface area (Å²) >= 11 is 0. The first-order chi connectivity index (χ1) is 13.1. The van der Waals surface area contributed by atoms with E-state index in [4.69, 9.17) is 15.2 Å². The number of rotatable bonds is 4. The summed E-state index contributed by atoms with van der Waals surface area (Å²) in [5, 5.41) is 4.60. The van der Waals surface area contributed by atoms with Gasteiger partial charge in [-0.15, -0.1) is 0 Å². The van der Waals surface area contributed by atoms with Crippen LogP contribution in [0.3, 0.4) is 0 Å². The fraction of sp³-hybridized carbons (Fsp3) is 0.421. The predicted octanol–water partition coefficient (Wildman–Crippen LogP) is 1.56. The smallest absolute Gasteiger partial charge is 0.407 e. The van der Waals surface area contributed by atoms with Crippen LogP contribution < -0.4 is 20.7 Å². The molecular formula is C19H20N4O4. The van der Waals surface area contributed by atoms with Crippen LogP contribution in [0.2, 0.25) is 0 Å². The Morgan fingerprint density at radius 3 is 2.85 bits per heavy atom. The minimum Gasteiger partial charge on any atom is -0.490 e. The van der Waals surface area contributed by atoms with Gasteiger partial charge in [-0.25, -0.2) is 4.79 Å². The molecule has 140 valence electrons. The van der Waals surface area contributed by atoms with Gasteiger partial charge in [0, 0.05) is 23.5 Å². The SMILES string of the molecule is NC(=O)c1cc2cncc(N3C[C@@H]4OC(=O)N[C@@H]4C3)c2cc1OC1CCC1. The van der Waals surface area contributed by atoms with Crippen LogP contribution in [0, 0.1) is 0 Å². The van der Waals surface area contributed by atoms with Crippen LogP contribution in [-0.4, -0.2) is 48.3 Å². The molecule has 3 aliphatic rings. The Hall–Kier alpha value is -3.03. The van der Waals surface area contributed by atoms with E-state index >= 15 is 0 Å². The van der Waals surface area contributed by atoms with Crippen molar-refractivity contribution in [2.75, 3.05) is 18.0 Å². The number of benzene rings is 1. The number of carbonyl (C=O) groups excluding carboxylic acids is 2. The number of primary amides is 1. The average molecular weight is 368 g/mol. The minimum absolute atomic E-state index is 0.0247. The van der Waals surface area contributed by atoms with Crippen molar-refractivity contribution in [3.63, 3.8) is 0 Å². The Morgan fingerprint density at radius 1 is 1.30 bits per heavy atom. The Balaban J connectivity index is 1.54. The summed E-state index contributed by atoms with van der Waals surface area (Å²) in [6.45, 7) is 1.24. The van der Waals surface area contributed by atoms with E-state index in [-0.39, 0.29) is 24.3 Å². The molecule has 3 heterocycles. The highest BCUT2D eigenvalue weighted by molar-refractivity contribution is 6.03. The van der Waals surface area contributed by atoms with E-state index in [1.54, 1.807) is 18.5 Å². The molecule has 2 saturated heterocycles. The van der Waals surface area contributed by atoms with Crippen molar-refractivity contribution in [2.45, 2.75) is 37.5 Å². The lowest BCUT2D eigenvalue weighted by Crippen LogP contribution is -2.32. The minimum atomic E-state index is -0.511. The molecule has 1 aromatic heterocycles. The lowest BCUT2D eigenvalue weighted by molar-refractivity contribution is 0.0972. The van der Waals surface area contributed by atoms with Crippen LogP contribution in [0.5, 0.6) is 5.75 Å². The van der Waals surface area contributed by atoms with Gasteiger partial charge in [0.25, 0.3) is 5.91 Å². The van der Waals surface area contributed by atoms with Gasteiger partial charge in [0.05, 0.1) is 36.1 Å². The molecule has 27 heavy (non-hydrogen) atoms. The molecule has 1 aliphatic carbocycles. The van der Waals surface area contributed by atoms with E-state index in [9.17, 15) is 9.59 Å². The quantitative estimate of drug-likeness (QED) is 0.848. The van der Waals surface area contributed by atoms with Gasteiger partial charge in [-0.1, -0.05) is 0 Å². The molecule has 0 spiro atoms. The maximum atomic E-state index is 11.9. The van der Waals surface area contributed by atoms with Crippen molar-refractivity contribution in [3.05, 3.63) is 30.1 Å². The van der Waals surface area contributed by atoms with Gasteiger partial charge in [0.2, 0.25) is 0 Å². The fourth-order valence-electron chi connectivity index (χ4n) is 3.94. The number of hydrogen-bond acceptors (Lipinski definition) is 6. The molecule has 0 radical (unpaired) electrons. The van der Waals surface area contributed by atoms with E-state index in [2.05, 4.69) is 15.2 Å². The lowest BCUT2D eigenvalue weighted by Gasteiger charge is -2.28. The summed E-state index contributed by atoms with van der Waals surface area (Å²) in [7, 11) is 0. The molecule has 2 aromatic rings. The summed E-state index contributed by atoms with van der Waals surface area (Å²) in [4.78, 5) is 29.7. The van der Waals surface area contributed by atoms with Gasteiger partial charge in [-0.3, -0.25) is 9.78 Å². The first kappa shape index (κ1) is 16.2. The number of aromatic nitrogens is 1. The number of pyridine rings is 1. The Morgan fingerprint density at radius 2 is 2.15 bits per heavy atom. The molecule has 5 rings (SSSR count). The number of nitrogens with two attached hydrogens (primary N) is 1. The molecular weight excluding hydrogens is 348 g/mol. The van der Waals surface area contributed by atoms with Crippen molar-refractivity contribution in [3.8, 4) is 5.75 Å². The molecule has 8 heteroatoms. The second-order valence-corrected chi connectivity index (χ2v) is 7.36. The highest BCUT2D eigenvalue weighted by Gasteiger charge is 2.42. The first-order valence-electron chi connectivity index (χ1n) is 9.19.